The first-order valence-corrected chi connectivity index (χ1v) is 6.93. The van der Waals surface area contributed by atoms with Crippen molar-refractivity contribution in [2.24, 2.45) is 5.16 Å². The fourth-order valence-electron chi connectivity index (χ4n) is 1.85. The Hall–Kier alpha value is -2.60. The van der Waals surface area contributed by atoms with Crippen LogP contribution in [-0.2, 0) is 11.4 Å². The van der Waals surface area contributed by atoms with E-state index in [4.69, 9.17) is 10.1 Å². The predicted molar refractivity (Wildman–Crippen MR) is 84.1 cm³/mol. The second-order valence-electron chi connectivity index (χ2n) is 5.14. The topological polar surface area (TPSA) is 45.4 Å². The maximum Gasteiger partial charge on any atom is 0.142 e. The number of nitriles is 1. The summed E-state index contributed by atoms with van der Waals surface area (Å²) in [6.07, 6.45) is 1.70. The van der Waals surface area contributed by atoms with Crippen LogP contribution in [0.2, 0.25) is 0 Å². The van der Waals surface area contributed by atoms with Crippen molar-refractivity contribution in [3.05, 3.63) is 70.8 Å². The highest BCUT2D eigenvalue weighted by atomic mass is 16.6. The molecule has 0 aromatic heterocycles. The van der Waals surface area contributed by atoms with Crippen molar-refractivity contribution in [2.45, 2.75) is 26.4 Å². The van der Waals surface area contributed by atoms with Crippen LogP contribution in [-0.4, -0.2) is 6.21 Å². The van der Waals surface area contributed by atoms with Crippen molar-refractivity contribution in [3.8, 4) is 6.07 Å². The minimum atomic E-state index is 0.395. The van der Waals surface area contributed by atoms with Gasteiger partial charge in [-0.05, 0) is 34.7 Å². The van der Waals surface area contributed by atoms with Crippen molar-refractivity contribution in [1.29, 1.82) is 5.26 Å². The molecule has 3 nitrogen and oxygen atoms in total. The van der Waals surface area contributed by atoms with Crippen molar-refractivity contribution in [3.63, 3.8) is 0 Å². The third kappa shape index (κ3) is 4.47. The summed E-state index contributed by atoms with van der Waals surface area (Å²) in [6, 6.07) is 17.6. The number of benzene rings is 2. The average Bonchev–Trinajstić information content (AvgIpc) is 2.52. The molecule has 0 radical (unpaired) electrons. The molecular weight excluding hydrogens is 260 g/mol. The van der Waals surface area contributed by atoms with Crippen LogP contribution in [0.4, 0.5) is 0 Å². The molecule has 0 aliphatic heterocycles. The summed E-state index contributed by atoms with van der Waals surface area (Å²) in [4.78, 5) is 5.26. The molecule has 0 N–H and O–H groups in total. The minimum Gasteiger partial charge on any atom is -0.391 e. The average molecular weight is 278 g/mol. The third-order valence-electron chi connectivity index (χ3n) is 3.19. The lowest BCUT2D eigenvalue weighted by atomic mass is 10.0. The molecule has 0 saturated heterocycles. The molecule has 2 rings (SSSR count). The van der Waals surface area contributed by atoms with Crippen LogP contribution >= 0.6 is 0 Å². The smallest absolute Gasteiger partial charge is 0.142 e. The van der Waals surface area contributed by atoms with Gasteiger partial charge in [0.15, 0.2) is 0 Å². The van der Waals surface area contributed by atoms with Crippen LogP contribution < -0.4 is 0 Å². The molecule has 0 heterocycles. The number of oxime groups is 1. The van der Waals surface area contributed by atoms with Gasteiger partial charge < -0.3 is 4.84 Å². The van der Waals surface area contributed by atoms with Crippen LogP contribution in [0.5, 0.6) is 0 Å². The standard InChI is InChI=1S/C18H18N2O/c1-14(2)18-9-7-16(8-10-18)12-20-21-13-17-5-3-15(11-19)4-6-17/h3-10,12,14H,13H2,1-2H3/b20-12-. The van der Waals surface area contributed by atoms with Crippen LogP contribution in [0.25, 0.3) is 0 Å². The Bertz CT molecular complexity index is 634. The lowest BCUT2D eigenvalue weighted by Gasteiger charge is -2.04. The van der Waals surface area contributed by atoms with E-state index in [1.807, 2.05) is 24.3 Å². The van der Waals surface area contributed by atoms with Crippen LogP contribution in [0.1, 0.15) is 42.0 Å². The number of hydrogen-bond acceptors (Lipinski definition) is 3. The van der Waals surface area contributed by atoms with Gasteiger partial charge in [-0.3, -0.25) is 0 Å². The predicted octanol–water partition coefficient (Wildman–Crippen LogP) is 4.23. The molecule has 0 bridgehead atoms. The Balaban J connectivity index is 1.86. The van der Waals surface area contributed by atoms with Gasteiger partial charge >= 0.3 is 0 Å². The van der Waals surface area contributed by atoms with Gasteiger partial charge in [0.05, 0.1) is 17.8 Å². The minimum absolute atomic E-state index is 0.395. The summed E-state index contributed by atoms with van der Waals surface area (Å²) in [5.74, 6) is 0.531. The van der Waals surface area contributed by atoms with Crippen molar-refractivity contribution in [2.75, 3.05) is 0 Å². The Morgan fingerprint density at radius 2 is 1.76 bits per heavy atom. The van der Waals surface area contributed by atoms with Gasteiger partial charge in [-0.25, -0.2) is 0 Å². The fraction of sp³-hybridized carbons (Fsp3) is 0.222. The lowest BCUT2D eigenvalue weighted by molar-refractivity contribution is 0.132. The summed E-state index contributed by atoms with van der Waals surface area (Å²) in [6.45, 7) is 4.74. The summed E-state index contributed by atoms with van der Waals surface area (Å²) >= 11 is 0. The van der Waals surface area contributed by atoms with E-state index in [-0.39, 0.29) is 0 Å². The van der Waals surface area contributed by atoms with E-state index in [1.165, 1.54) is 5.56 Å². The first-order valence-electron chi connectivity index (χ1n) is 6.93. The zero-order chi connectivity index (χ0) is 15.1. The molecule has 0 unspecified atom stereocenters. The van der Waals surface area contributed by atoms with E-state index in [9.17, 15) is 0 Å². The molecule has 0 spiro atoms. The lowest BCUT2D eigenvalue weighted by Crippen LogP contribution is -1.90. The first-order chi connectivity index (χ1) is 10.2. The number of nitrogens with zero attached hydrogens (tertiary/aromatic N) is 2. The molecule has 21 heavy (non-hydrogen) atoms. The molecule has 0 atom stereocenters. The van der Waals surface area contributed by atoms with Gasteiger partial charge in [-0.1, -0.05) is 55.4 Å². The van der Waals surface area contributed by atoms with Crippen LogP contribution in [0, 0.1) is 11.3 Å². The van der Waals surface area contributed by atoms with Gasteiger partial charge in [-0.15, -0.1) is 0 Å². The van der Waals surface area contributed by atoms with E-state index >= 15 is 0 Å². The van der Waals surface area contributed by atoms with Gasteiger partial charge in [0.2, 0.25) is 0 Å². The maximum atomic E-state index is 8.72. The van der Waals surface area contributed by atoms with Gasteiger partial charge in [0.25, 0.3) is 0 Å². The van der Waals surface area contributed by atoms with Crippen LogP contribution in [0.15, 0.2) is 53.7 Å². The second kappa shape index (κ2) is 7.25. The largest absolute Gasteiger partial charge is 0.391 e. The highest BCUT2D eigenvalue weighted by molar-refractivity contribution is 5.79. The molecule has 0 fully saturated rings. The second-order valence-corrected chi connectivity index (χ2v) is 5.14. The van der Waals surface area contributed by atoms with E-state index in [0.717, 1.165) is 11.1 Å². The summed E-state index contributed by atoms with van der Waals surface area (Å²) < 4.78 is 0. The van der Waals surface area contributed by atoms with E-state index in [1.54, 1.807) is 18.3 Å². The molecule has 0 aliphatic carbocycles. The van der Waals surface area contributed by atoms with Crippen LogP contribution in [0.3, 0.4) is 0 Å². The SMILES string of the molecule is CC(C)c1ccc(/C=N\OCc2ccc(C#N)cc2)cc1. The Labute approximate surface area is 125 Å². The molecular formula is C18H18N2O. The summed E-state index contributed by atoms with van der Waals surface area (Å²) in [7, 11) is 0. The van der Waals surface area contributed by atoms with E-state index in [2.05, 4.69) is 37.2 Å². The molecule has 0 amide bonds. The zero-order valence-corrected chi connectivity index (χ0v) is 12.3. The monoisotopic (exact) mass is 278 g/mol. The number of hydrogen-bond donors (Lipinski definition) is 0. The number of rotatable bonds is 5. The van der Waals surface area contributed by atoms with E-state index in [0.29, 0.717) is 18.1 Å². The van der Waals surface area contributed by atoms with Gasteiger partial charge in [0, 0.05) is 0 Å². The van der Waals surface area contributed by atoms with Crippen molar-refractivity contribution >= 4 is 6.21 Å². The molecule has 0 aliphatic rings. The first kappa shape index (κ1) is 14.8. The zero-order valence-electron chi connectivity index (χ0n) is 12.3. The third-order valence-corrected chi connectivity index (χ3v) is 3.19. The highest BCUT2D eigenvalue weighted by Crippen LogP contribution is 2.14. The quantitative estimate of drug-likeness (QED) is 0.607. The summed E-state index contributed by atoms with van der Waals surface area (Å²) in [5, 5.41) is 12.7. The van der Waals surface area contributed by atoms with Gasteiger partial charge in [0.1, 0.15) is 6.61 Å². The molecule has 2 aromatic carbocycles. The highest BCUT2D eigenvalue weighted by Gasteiger charge is 1.97. The van der Waals surface area contributed by atoms with Gasteiger partial charge in [-0.2, -0.15) is 5.26 Å². The van der Waals surface area contributed by atoms with Crippen molar-refractivity contribution in [1.82, 2.24) is 0 Å². The van der Waals surface area contributed by atoms with Crippen molar-refractivity contribution < 1.29 is 4.84 Å². The van der Waals surface area contributed by atoms with E-state index < -0.39 is 0 Å². The molecule has 2 aromatic rings. The maximum absolute atomic E-state index is 8.72. The Morgan fingerprint density at radius 3 is 2.33 bits per heavy atom. The Kier molecular flexibility index (Phi) is 5.11. The molecule has 106 valence electrons. The molecule has 0 saturated carbocycles. The normalized spacial score (nSPS) is 10.8. The fourth-order valence-corrected chi connectivity index (χ4v) is 1.85. The molecule has 3 heteroatoms. The Morgan fingerprint density at radius 1 is 1.10 bits per heavy atom. The summed E-state index contributed by atoms with van der Waals surface area (Å²) in [5.41, 5.74) is 3.96.